The van der Waals surface area contributed by atoms with Gasteiger partial charge in [0, 0.05) is 25.2 Å². The lowest BCUT2D eigenvalue weighted by Crippen LogP contribution is -2.44. The molecular weight excluding hydrogens is 417 g/mol. The molecule has 32 heavy (non-hydrogen) atoms. The zero-order valence-electron chi connectivity index (χ0n) is 18.7. The molecule has 1 aromatic heterocycles. The first kappa shape index (κ1) is 24.1. The Morgan fingerprint density at radius 1 is 1.19 bits per heavy atom. The molecule has 1 N–H and O–H groups in total. The molecule has 0 radical (unpaired) electrons. The molecule has 174 valence electrons. The average molecular weight is 449 g/mol. The van der Waals surface area contributed by atoms with Crippen LogP contribution in [0.3, 0.4) is 0 Å². The summed E-state index contributed by atoms with van der Waals surface area (Å²) in [6, 6.07) is 8.53. The van der Waals surface area contributed by atoms with Crippen LogP contribution in [0.5, 0.6) is 5.75 Å². The highest BCUT2D eigenvalue weighted by Crippen LogP contribution is 2.41. The summed E-state index contributed by atoms with van der Waals surface area (Å²) >= 11 is 0. The Morgan fingerprint density at radius 2 is 1.81 bits per heavy atom. The number of rotatable bonds is 5. The summed E-state index contributed by atoms with van der Waals surface area (Å²) in [5.74, 6) is 1.28. The van der Waals surface area contributed by atoms with Crippen LogP contribution in [-0.2, 0) is 12.8 Å². The van der Waals surface area contributed by atoms with E-state index in [4.69, 9.17) is 9.84 Å². The van der Waals surface area contributed by atoms with Crippen LogP contribution in [0.25, 0.3) is 0 Å². The van der Waals surface area contributed by atoms with E-state index in [9.17, 15) is 13.2 Å². The summed E-state index contributed by atoms with van der Waals surface area (Å²) in [5.41, 5.74) is 1.16. The number of aryl methyl sites for hydroxylation is 1. The molecule has 0 spiro atoms. The van der Waals surface area contributed by atoms with Crippen LogP contribution in [0.4, 0.5) is 13.2 Å². The number of aliphatic hydroxyl groups is 1. The largest absolute Gasteiger partial charge is 0.513 e. The van der Waals surface area contributed by atoms with Gasteiger partial charge in [0.2, 0.25) is 0 Å². The third-order valence-corrected chi connectivity index (χ3v) is 6.03. The monoisotopic (exact) mass is 448 g/mol. The van der Waals surface area contributed by atoms with E-state index in [-0.39, 0.29) is 12.5 Å². The number of halogens is 3. The molecular formula is C25H31F3N2O2. The number of benzene rings is 1. The number of hydrogen-bond donors (Lipinski definition) is 1. The number of aliphatic hydroxyl groups excluding tert-OH is 1. The lowest BCUT2D eigenvalue weighted by Gasteiger charge is -2.35. The fraction of sp³-hybridized carbons (Fsp3) is 0.480. The van der Waals surface area contributed by atoms with E-state index in [0.29, 0.717) is 28.7 Å². The van der Waals surface area contributed by atoms with Crippen molar-refractivity contribution in [1.82, 2.24) is 9.88 Å². The maximum absolute atomic E-state index is 13.4. The maximum Gasteiger partial charge on any atom is 0.416 e. The second-order valence-electron chi connectivity index (χ2n) is 8.75. The maximum atomic E-state index is 13.4. The van der Waals surface area contributed by atoms with Crippen molar-refractivity contribution in [1.29, 1.82) is 0 Å². The zero-order chi connectivity index (χ0) is 23.3. The minimum atomic E-state index is -4.36. The molecule has 2 fully saturated rings. The van der Waals surface area contributed by atoms with Gasteiger partial charge in [-0.1, -0.05) is 37.1 Å². The molecule has 2 aliphatic rings. The zero-order valence-corrected chi connectivity index (χ0v) is 18.7. The number of likely N-dealkylation sites (tertiary alicyclic amines) is 1. The molecule has 0 amide bonds. The first-order valence-corrected chi connectivity index (χ1v) is 10.9. The number of nitrogens with zero attached hydrogens (tertiary/aromatic N) is 2. The van der Waals surface area contributed by atoms with Gasteiger partial charge in [0.05, 0.1) is 17.0 Å². The van der Waals surface area contributed by atoms with Crippen molar-refractivity contribution in [3.8, 4) is 5.75 Å². The second kappa shape index (κ2) is 10.4. The summed E-state index contributed by atoms with van der Waals surface area (Å²) in [5, 5.41) is 8.77. The third-order valence-electron chi connectivity index (χ3n) is 6.03. The standard InChI is InChI=1S/C19H20F3NO.C6H11NO/c1-13-6-8-16(9-7-13)24-12-15-10-18(19(20,21)22)17(11-23-15)14-4-2-3-5-14;1-5(8)6-3-7(2)4-6/h6-11,14H,2-5,12H2,1H3;6,8H,1,3-4H2,2H3. The van der Waals surface area contributed by atoms with Crippen molar-refractivity contribution in [3.63, 3.8) is 0 Å². The first-order chi connectivity index (χ1) is 15.1. The quantitative estimate of drug-likeness (QED) is 0.548. The fourth-order valence-corrected chi connectivity index (χ4v) is 4.10. The van der Waals surface area contributed by atoms with Crippen LogP contribution in [0.15, 0.2) is 48.9 Å². The van der Waals surface area contributed by atoms with Gasteiger partial charge < -0.3 is 14.7 Å². The SMILES string of the molecule is C=C(O)C1CN(C)C1.Cc1ccc(OCc2cc(C(F)(F)F)c(C3CCCC3)cn2)cc1. The number of hydrogen-bond acceptors (Lipinski definition) is 4. The molecule has 1 aliphatic carbocycles. The average Bonchev–Trinajstić information content (AvgIpc) is 3.25. The minimum Gasteiger partial charge on any atom is -0.513 e. The van der Waals surface area contributed by atoms with E-state index in [1.54, 1.807) is 12.1 Å². The van der Waals surface area contributed by atoms with Crippen molar-refractivity contribution in [3.05, 3.63) is 71.3 Å². The number of aromatic nitrogens is 1. The van der Waals surface area contributed by atoms with Gasteiger partial charge in [0.15, 0.2) is 0 Å². The number of alkyl halides is 3. The summed E-state index contributed by atoms with van der Waals surface area (Å²) in [7, 11) is 2.03. The molecule has 4 rings (SSSR count). The third kappa shape index (κ3) is 6.48. The van der Waals surface area contributed by atoms with Crippen molar-refractivity contribution < 1.29 is 23.0 Å². The van der Waals surface area contributed by atoms with Crippen molar-refractivity contribution >= 4 is 0 Å². The van der Waals surface area contributed by atoms with Crippen molar-refractivity contribution in [2.24, 2.45) is 5.92 Å². The lowest BCUT2D eigenvalue weighted by atomic mass is 9.94. The van der Waals surface area contributed by atoms with E-state index in [1.807, 2.05) is 26.1 Å². The number of ether oxygens (including phenoxy) is 1. The van der Waals surface area contributed by atoms with Gasteiger partial charge in [-0.15, -0.1) is 0 Å². The topological polar surface area (TPSA) is 45.6 Å². The summed E-state index contributed by atoms with van der Waals surface area (Å²) in [6.07, 6.45) is 0.626. The highest BCUT2D eigenvalue weighted by molar-refractivity contribution is 5.33. The second-order valence-corrected chi connectivity index (χ2v) is 8.75. The molecule has 2 aromatic rings. The van der Waals surface area contributed by atoms with Crippen LogP contribution in [0.2, 0.25) is 0 Å². The van der Waals surface area contributed by atoms with Gasteiger partial charge in [-0.2, -0.15) is 13.2 Å². The van der Waals surface area contributed by atoms with Gasteiger partial charge in [-0.05, 0) is 56.5 Å². The molecule has 0 atom stereocenters. The summed E-state index contributed by atoms with van der Waals surface area (Å²) in [6.45, 7) is 7.36. The predicted octanol–water partition coefficient (Wildman–Crippen LogP) is 6.27. The fourth-order valence-electron chi connectivity index (χ4n) is 4.10. The lowest BCUT2D eigenvalue weighted by molar-refractivity contribution is -0.138. The van der Waals surface area contributed by atoms with Crippen LogP contribution in [0.1, 0.15) is 54.0 Å². The Hall–Kier alpha value is -2.54. The Kier molecular flexibility index (Phi) is 7.82. The number of pyridine rings is 1. The minimum absolute atomic E-state index is 0.0249. The van der Waals surface area contributed by atoms with Crippen LogP contribution < -0.4 is 4.74 Å². The molecule has 0 bridgehead atoms. The molecule has 1 saturated carbocycles. The van der Waals surface area contributed by atoms with Gasteiger partial charge in [-0.25, -0.2) is 0 Å². The van der Waals surface area contributed by atoms with Crippen molar-refractivity contribution in [2.75, 3.05) is 20.1 Å². The summed E-state index contributed by atoms with van der Waals surface area (Å²) in [4.78, 5) is 6.35. The normalized spacial score (nSPS) is 17.4. The Balaban J connectivity index is 0.000000305. The van der Waals surface area contributed by atoms with E-state index in [0.717, 1.165) is 50.4 Å². The van der Waals surface area contributed by atoms with E-state index >= 15 is 0 Å². The van der Waals surface area contributed by atoms with Crippen LogP contribution in [0, 0.1) is 12.8 Å². The molecule has 2 heterocycles. The highest BCUT2D eigenvalue weighted by atomic mass is 19.4. The molecule has 4 nitrogen and oxygen atoms in total. The van der Waals surface area contributed by atoms with Gasteiger partial charge >= 0.3 is 6.18 Å². The Morgan fingerprint density at radius 3 is 2.31 bits per heavy atom. The smallest absolute Gasteiger partial charge is 0.416 e. The molecule has 0 unspecified atom stereocenters. The molecule has 7 heteroatoms. The van der Waals surface area contributed by atoms with Crippen LogP contribution in [-0.4, -0.2) is 35.1 Å². The van der Waals surface area contributed by atoms with Gasteiger partial charge in [-0.3, -0.25) is 4.98 Å². The van der Waals surface area contributed by atoms with Crippen LogP contribution >= 0.6 is 0 Å². The summed E-state index contributed by atoms with van der Waals surface area (Å²) < 4.78 is 45.8. The first-order valence-electron chi connectivity index (χ1n) is 10.9. The highest BCUT2D eigenvalue weighted by Gasteiger charge is 2.36. The molecule has 1 saturated heterocycles. The van der Waals surface area contributed by atoms with Crippen molar-refractivity contribution in [2.45, 2.75) is 51.3 Å². The molecule has 1 aromatic carbocycles. The Bertz CT molecular complexity index is 900. The van der Waals surface area contributed by atoms with E-state index in [1.165, 1.54) is 6.20 Å². The molecule has 1 aliphatic heterocycles. The van der Waals surface area contributed by atoms with E-state index in [2.05, 4.69) is 16.5 Å². The van der Waals surface area contributed by atoms with E-state index < -0.39 is 11.7 Å². The Labute approximate surface area is 187 Å². The van der Waals surface area contributed by atoms with Gasteiger partial charge in [0.1, 0.15) is 12.4 Å². The predicted molar refractivity (Wildman–Crippen MR) is 119 cm³/mol. The van der Waals surface area contributed by atoms with Gasteiger partial charge in [0.25, 0.3) is 0 Å².